The molecule has 1 aromatic heterocycles. The second kappa shape index (κ2) is 4.03. The smallest absolute Gasteiger partial charge is 0.312 e. The summed E-state index contributed by atoms with van der Waals surface area (Å²) in [5.74, 6) is -1.35. The molecule has 1 N–H and O–H groups in total. The molecule has 0 aliphatic heterocycles. The first kappa shape index (κ1) is 9.71. The molecule has 70 valence electrons. The van der Waals surface area contributed by atoms with Crippen LogP contribution in [0.15, 0.2) is 18.3 Å². The van der Waals surface area contributed by atoms with Gasteiger partial charge in [-0.15, -0.1) is 0 Å². The molecule has 0 amide bonds. The second-order valence-electron chi connectivity index (χ2n) is 3.00. The number of pyridine rings is 1. The first-order chi connectivity index (χ1) is 6.15. The van der Waals surface area contributed by atoms with E-state index in [1.165, 1.54) is 0 Å². The summed E-state index contributed by atoms with van der Waals surface area (Å²) < 4.78 is 0. The summed E-state index contributed by atoms with van der Waals surface area (Å²) >= 11 is 0. The highest BCUT2D eigenvalue weighted by atomic mass is 16.4. The molecule has 0 aliphatic carbocycles. The molecule has 13 heavy (non-hydrogen) atoms. The van der Waals surface area contributed by atoms with Gasteiger partial charge in [0.15, 0.2) is 0 Å². The molecule has 1 aromatic rings. The van der Waals surface area contributed by atoms with Crippen molar-refractivity contribution in [3.05, 3.63) is 29.6 Å². The third-order valence-electron chi connectivity index (χ3n) is 2.07. The maximum absolute atomic E-state index is 10.7. The van der Waals surface area contributed by atoms with Crippen LogP contribution in [0.5, 0.6) is 0 Å². The molecule has 1 atom stereocenters. The lowest BCUT2D eigenvalue weighted by Gasteiger charge is -2.06. The Hall–Kier alpha value is -1.38. The summed E-state index contributed by atoms with van der Waals surface area (Å²) in [6, 6.07) is 3.75. The molecule has 0 spiro atoms. The van der Waals surface area contributed by atoms with Gasteiger partial charge in [0.25, 0.3) is 0 Å². The van der Waals surface area contributed by atoms with Crippen LogP contribution in [0.25, 0.3) is 0 Å². The van der Waals surface area contributed by atoms with Crippen LogP contribution in [0.4, 0.5) is 0 Å². The molecule has 0 aromatic carbocycles. The lowest BCUT2D eigenvalue weighted by molar-refractivity contribution is -0.138. The van der Waals surface area contributed by atoms with Crippen molar-refractivity contribution in [3.8, 4) is 0 Å². The number of nitrogens with zero attached hydrogens (tertiary/aromatic N) is 1. The van der Waals surface area contributed by atoms with E-state index in [0.29, 0.717) is 5.69 Å². The van der Waals surface area contributed by atoms with Crippen LogP contribution in [-0.2, 0) is 11.2 Å². The summed E-state index contributed by atoms with van der Waals surface area (Å²) in [5, 5.41) is 8.76. The van der Waals surface area contributed by atoms with Crippen molar-refractivity contribution in [3.63, 3.8) is 0 Å². The summed E-state index contributed by atoms with van der Waals surface area (Å²) in [4.78, 5) is 14.7. The average molecular weight is 179 g/mol. The Morgan fingerprint density at radius 1 is 1.69 bits per heavy atom. The van der Waals surface area contributed by atoms with E-state index in [2.05, 4.69) is 4.98 Å². The van der Waals surface area contributed by atoms with Crippen LogP contribution in [0, 0.1) is 0 Å². The molecule has 3 nitrogen and oxygen atoms in total. The number of aromatic nitrogens is 1. The number of carboxylic acids is 1. The SMILES string of the molecule is CCc1ccnc(C(C)C(=O)O)c1. The third-order valence-corrected chi connectivity index (χ3v) is 2.07. The van der Waals surface area contributed by atoms with Crippen molar-refractivity contribution in [2.75, 3.05) is 0 Å². The Morgan fingerprint density at radius 2 is 2.38 bits per heavy atom. The van der Waals surface area contributed by atoms with Crippen molar-refractivity contribution in [2.45, 2.75) is 26.2 Å². The second-order valence-corrected chi connectivity index (χ2v) is 3.00. The zero-order chi connectivity index (χ0) is 9.84. The van der Waals surface area contributed by atoms with E-state index in [1.807, 2.05) is 19.1 Å². The van der Waals surface area contributed by atoms with Gasteiger partial charge in [-0.25, -0.2) is 0 Å². The van der Waals surface area contributed by atoms with Crippen molar-refractivity contribution >= 4 is 5.97 Å². The Morgan fingerprint density at radius 3 is 2.92 bits per heavy atom. The highest BCUT2D eigenvalue weighted by molar-refractivity contribution is 5.74. The molecular formula is C10H13NO2. The van der Waals surface area contributed by atoms with Crippen LogP contribution in [0.3, 0.4) is 0 Å². The zero-order valence-corrected chi connectivity index (χ0v) is 7.82. The maximum atomic E-state index is 10.7. The highest BCUT2D eigenvalue weighted by Crippen LogP contribution is 2.13. The average Bonchev–Trinajstić information content (AvgIpc) is 2.16. The number of aryl methyl sites for hydroxylation is 1. The van der Waals surface area contributed by atoms with E-state index >= 15 is 0 Å². The van der Waals surface area contributed by atoms with E-state index in [0.717, 1.165) is 12.0 Å². The monoisotopic (exact) mass is 179 g/mol. The molecule has 3 heteroatoms. The van der Waals surface area contributed by atoms with Gasteiger partial charge in [-0.1, -0.05) is 6.92 Å². The number of carbonyl (C=O) groups is 1. The van der Waals surface area contributed by atoms with Crippen LogP contribution >= 0.6 is 0 Å². The van der Waals surface area contributed by atoms with Crippen molar-refractivity contribution in [1.29, 1.82) is 0 Å². The molecule has 1 heterocycles. The van der Waals surface area contributed by atoms with E-state index < -0.39 is 11.9 Å². The quantitative estimate of drug-likeness (QED) is 0.770. The first-order valence-corrected chi connectivity index (χ1v) is 4.32. The van der Waals surface area contributed by atoms with Gasteiger partial charge >= 0.3 is 5.97 Å². The lowest BCUT2D eigenvalue weighted by atomic mass is 10.1. The standard InChI is InChI=1S/C10H13NO2/c1-3-8-4-5-11-9(6-8)7(2)10(12)13/h4-7H,3H2,1-2H3,(H,12,13). The Balaban J connectivity index is 2.94. The highest BCUT2D eigenvalue weighted by Gasteiger charge is 2.14. The van der Waals surface area contributed by atoms with Crippen molar-refractivity contribution < 1.29 is 9.90 Å². The molecule has 0 aliphatic rings. The Labute approximate surface area is 77.4 Å². The van der Waals surface area contributed by atoms with Gasteiger partial charge in [-0.3, -0.25) is 9.78 Å². The molecule has 0 radical (unpaired) electrons. The van der Waals surface area contributed by atoms with Gasteiger partial charge in [0.2, 0.25) is 0 Å². The van der Waals surface area contributed by atoms with Crippen LogP contribution in [0.1, 0.15) is 31.0 Å². The Bertz CT molecular complexity index is 310. The fourth-order valence-electron chi connectivity index (χ4n) is 1.08. The van der Waals surface area contributed by atoms with Crippen molar-refractivity contribution in [2.24, 2.45) is 0 Å². The number of rotatable bonds is 3. The van der Waals surface area contributed by atoms with Crippen molar-refractivity contribution in [1.82, 2.24) is 4.98 Å². The molecule has 0 fully saturated rings. The van der Waals surface area contributed by atoms with E-state index in [-0.39, 0.29) is 0 Å². The van der Waals surface area contributed by atoms with Crippen LogP contribution < -0.4 is 0 Å². The van der Waals surface area contributed by atoms with Gasteiger partial charge in [0.05, 0.1) is 11.6 Å². The van der Waals surface area contributed by atoms with Gasteiger partial charge in [-0.2, -0.15) is 0 Å². The predicted molar refractivity (Wildman–Crippen MR) is 49.7 cm³/mol. The fourth-order valence-corrected chi connectivity index (χ4v) is 1.08. The summed E-state index contributed by atoms with van der Waals surface area (Å²) in [6.07, 6.45) is 2.56. The first-order valence-electron chi connectivity index (χ1n) is 4.32. The summed E-state index contributed by atoms with van der Waals surface area (Å²) in [6.45, 7) is 3.68. The minimum Gasteiger partial charge on any atom is -0.481 e. The Kier molecular flexibility index (Phi) is 3.01. The lowest BCUT2D eigenvalue weighted by Crippen LogP contribution is -2.09. The summed E-state index contributed by atoms with van der Waals surface area (Å²) in [5.41, 5.74) is 1.75. The van der Waals surface area contributed by atoms with Crippen LogP contribution in [-0.4, -0.2) is 16.1 Å². The molecule has 0 saturated heterocycles. The van der Waals surface area contributed by atoms with Gasteiger partial charge < -0.3 is 5.11 Å². The normalized spacial score (nSPS) is 12.5. The summed E-state index contributed by atoms with van der Waals surface area (Å²) in [7, 11) is 0. The third kappa shape index (κ3) is 2.28. The van der Waals surface area contributed by atoms with E-state index in [9.17, 15) is 4.79 Å². The fraction of sp³-hybridized carbons (Fsp3) is 0.400. The predicted octanol–water partition coefficient (Wildman–Crippen LogP) is 1.83. The molecule has 1 rings (SSSR count). The number of hydrogen-bond acceptors (Lipinski definition) is 2. The largest absolute Gasteiger partial charge is 0.481 e. The molecule has 0 saturated carbocycles. The topological polar surface area (TPSA) is 50.2 Å². The zero-order valence-electron chi connectivity index (χ0n) is 7.82. The maximum Gasteiger partial charge on any atom is 0.312 e. The number of hydrogen-bond donors (Lipinski definition) is 1. The van der Waals surface area contributed by atoms with Gasteiger partial charge in [-0.05, 0) is 31.0 Å². The number of aliphatic carboxylic acids is 1. The van der Waals surface area contributed by atoms with E-state index in [1.54, 1.807) is 13.1 Å². The number of carboxylic acid groups (broad SMARTS) is 1. The van der Waals surface area contributed by atoms with E-state index in [4.69, 9.17) is 5.11 Å². The minimum atomic E-state index is -0.833. The molecule has 0 bridgehead atoms. The van der Waals surface area contributed by atoms with Crippen LogP contribution in [0.2, 0.25) is 0 Å². The molecule has 1 unspecified atom stereocenters. The van der Waals surface area contributed by atoms with Gasteiger partial charge in [0, 0.05) is 6.20 Å². The minimum absolute atomic E-state index is 0.522. The molecular weight excluding hydrogens is 166 g/mol. The van der Waals surface area contributed by atoms with Gasteiger partial charge in [0.1, 0.15) is 0 Å².